The molecule has 1 heterocycles. The molecule has 0 saturated heterocycles. The molecular formula is C15H17N3O3. The van der Waals surface area contributed by atoms with Gasteiger partial charge < -0.3 is 9.64 Å². The predicted molar refractivity (Wildman–Crippen MR) is 77.0 cm³/mol. The maximum Gasteiger partial charge on any atom is 0.338 e. The molecule has 1 N–H and O–H groups in total. The highest BCUT2D eigenvalue weighted by molar-refractivity contribution is 5.97. The molecule has 2 rings (SSSR count). The topological polar surface area (TPSA) is 75.3 Å². The summed E-state index contributed by atoms with van der Waals surface area (Å²) in [6.45, 7) is 0.268. The molecule has 0 unspecified atom stereocenters. The lowest BCUT2D eigenvalue weighted by atomic mass is 10.1. The molecule has 0 saturated carbocycles. The van der Waals surface area contributed by atoms with Gasteiger partial charge in [-0.1, -0.05) is 6.07 Å². The zero-order valence-corrected chi connectivity index (χ0v) is 12.0. The molecule has 6 heteroatoms. The third-order valence-electron chi connectivity index (χ3n) is 2.93. The summed E-state index contributed by atoms with van der Waals surface area (Å²) in [5.41, 5.74) is 1.80. The van der Waals surface area contributed by atoms with Crippen LogP contribution in [0.15, 0.2) is 36.7 Å². The Balaban J connectivity index is 1.96. The fourth-order valence-corrected chi connectivity index (χ4v) is 1.80. The van der Waals surface area contributed by atoms with E-state index in [1.807, 2.05) is 0 Å². The zero-order valence-electron chi connectivity index (χ0n) is 12.0. The molecule has 0 aliphatic heterocycles. The fraction of sp³-hybridized carbons (Fsp3) is 0.267. The minimum atomic E-state index is -0.438. The molecule has 6 nitrogen and oxygen atoms in total. The van der Waals surface area contributed by atoms with Crippen molar-refractivity contribution >= 4 is 11.9 Å². The van der Waals surface area contributed by atoms with Gasteiger partial charge in [0.1, 0.15) is 0 Å². The Kier molecular flexibility index (Phi) is 4.71. The van der Waals surface area contributed by atoms with Crippen LogP contribution in [0.4, 0.5) is 0 Å². The van der Waals surface area contributed by atoms with E-state index in [0.29, 0.717) is 17.5 Å². The van der Waals surface area contributed by atoms with Gasteiger partial charge in [-0.05, 0) is 23.8 Å². The van der Waals surface area contributed by atoms with Gasteiger partial charge in [0.2, 0.25) is 0 Å². The summed E-state index contributed by atoms with van der Waals surface area (Å²) < 4.78 is 5.19. The van der Waals surface area contributed by atoms with Crippen LogP contribution in [-0.4, -0.2) is 47.7 Å². The highest BCUT2D eigenvalue weighted by Gasteiger charge is 2.12. The number of H-pyrrole nitrogens is 1. The average Bonchev–Trinajstić information content (AvgIpc) is 2.99. The number of nitrogens with one attached hydrogen (secondary N) is 1. The van der Waals surface area contributed by atoms with Gasteiger partial charge in [-0.2, -0.15) is 5.10 Å². The summed E-state index contributed by atoms with van der Waals surface area (Å²) in [5, 5.41) is 6.52. The first kappa shape index (κ1) is 14.8. The number of aromatic amines is 1. The number of rotatable bonds is 5. The number of esters is 1. The summed E-state index contributed by atoms with van der Waals surface area (Å²) in [5.74, 6) is -0.588. The van der Waals surface area contributed by atoms with Crippen LogP contribution in [0.3, 0.4) is 0 Å². The van der Waals surface area contributed by atoms with E-state index in [2.05, 4.69) is 10.2 Å². The van der Waals surface area contributed by atoms with Gasteiger partial charge in [0, 0.05) is 32.3 Å². The number of ether oxygens (including phenoxy) is 1. The van der Waals surface area contributed by atoms with E-state index in [9.17, 15) is 9.59 Å². The van der Waals surface area contributed by atoms with Gasteiger partial charge in [-0.25, -0.2) is 4.79 Å². The number of nitrogens with zero attached hydrogens (tertiary/aromatic N) is 2. The third kappa shape index (κ3) is 3.92. The van der Waals surface area contributed by atoms with Crippen molar-refractivity contribution in [2.45, 2.75) is 6.42 Å². The largest absolute Gasteiger partial charge is 0.462 e. The molecule has 0 atom stereocenters. The van der Waals surface area contributed by atoms with E-state index in [1.54, 1.807) is 50.8 Å². The third-order valence-corrected chi connectivity index (χ3v) is 2.93. The first-order valence-corrected chi connectivity index (χ1v) is 6.54. The van der Waals surface area contributed by atoms with Crippen LogP contribution < -0.4 is 0 Å². The van der Waals surface area contributed by atoms with Crippen molar-refractivity contribution in [3.05, 3.63) is 53.3 Å². The van der Waals surface area contributed by atoms with Gasteiger partial charge in [0.15, 0.2) is 0 Å². The lowest BCUT2D eigenvalue weighted by molar-refractivity contribution is 0.0509. The molecule has 1 amide bonds. The standard InChI is InChI=1S/C15H17N3O3/c1-18(2)14(19)12-4-3-5-13(8-12)15(20)21-7-6-11-9-16-17-10-11/h3-5,8-10H,6-7H2,1-2H3,(H,16,17). The van der Waals surface area contributed by atoms with E-state index in [0.717, 1.165) is 5.56 Å². The molecule has 0 spiro atoms. The second kappa shape index (κ2) is 6.69. The lowest BCUT2D eigenvalue weighted by Crippen LogP contribution is -2.22. The fourth-order valence-electron chi connectivity index (χ4n) is 1.80. The molecule has 0 bridgehead atoms. The zero-order chi connectivity index (χ0) is 15.2. The number of hydrogen-bond acceptors (Lipinski definition) is 4. The summed E-state index contributed by atoms with van der Waals surface area (Å²) >= 11 is 0. The van der Waals surface area contributed by atoms with Crippen LogP contribution in [0, 0.1) is 0 Å². The monoisotopic (exact) mass is 287 g/mol. The molecule has 110 valence electrons. The number of amides is 1. The Morgan fingerprint density at radius 2 is 2.05 bits per heavy atom. The quantitative estimate of drug-likeness (QED) is 0.846. The summed E-state index contributed by atoms with van der Waals surface area (Å²) in [7, 11) is 3.33. The second-order valence-corrected chi connectivity index (χ2v) is 4.77. The first-order chi connectivity index (χ1) is 10.1. The molecule has 0 radical (unpaired) electrons. The molecule has 21 heavy (non-hydrogen) atoms. The summed E-state index contributed by atoms with van der Waals surface area (Å²) in [6.07, 6.45) is 4.03. The van der Waals surface area contributed by atoms with Gasteiger partial charge >= 0.3 is 5.97 Å². The highest BCUT2D eigenvalue weighted by atomic mass is 16.5. The van der Waals surface area contributed by atoms with E-state index < -0.39 is 5.97 Å². The number of benzene rings is 1. The Morgan fingerprint density at radius 1 is 1.29 bits per heavy atom. The van der Waals surface area contributed by atoms with E-state index in [1.165, 1.54) is 4.90 Å². The van der Waals surface area contributed by atoms with Crippen molar-refractivity contribution in [3.8, 4) is 0 Å². The smallest absolute Gasteiger partial charge is 0.338 e. The Labute approximate surface area is 122 Å². The predicted octanol–water partition coefficient (Wildman–Crippen LogP) is 1.51. The maximum atomic E-state index is 11.9. The first-order valence-electron chi connectivity index (χ1n) is 6.54. The van der Waals surface area contributed by atoms with Crippen LogP contribution in [-0.2, 0) is 11.2 Å². The number of aromatic nitrogens is 2. The van der Waals surface area contributed by atoms with Crippen molar-refractivity contribution in [3.63, 3.8) is 0 Å². The van der Waals surface area contributed by atoms with Crippen molar-refractivity contribution < 1.29 is 14.3 Å². The summed E-state index contributed by atoms with van der Waals surface area (Å²) in [4.78, 5) is 25.3. The normalized spacial score (nSPS) is 10.2. The highest BCUT2D eigenvalue weighted by Crippen LogP contribution is 2.09. The average molecular weight is 287 g/mol. The van der Waals surface area contributed by atoms with Crippen LogP contribution in [0.2, 0.25) is 0 Å². The SMILES string of the molecule is CN(C)C(=O)c1cccc(C(=O)OCCc2cn[nH]c2)c1. The molecule has 0 aliphatic carbocycles. The molecular weight excluding hydrogens is 270 g/mol. The van der Waals surface area contributed by atoms with Crippen molar-refractivity contribution in [1.82, 2.24) is 15.1 Å². The van der Waals surface area contributed by atoms with Crippen LogP contribution in [0.1, 0.15) is 26.3 Å². The van der Waals surface area contributed by atoms with Gasteiger partial charge in [0.05, 0.1) is 18.4 Å². The minimum Gasteiger partial charge on any atom is -0.462 e. The molecule has 2 aromatic rings. The molecule has 0 fully saturated rings. The van der Waals surface area contributed by atoms with Crippen LogP contribution in [0.5, 0.6) is 0 Å². The molecule has 0 aliphatic rings. The van der Waals surface area contributed by atoms with Gasteiger partial charge in [-0.15, -0.1) is 0 Å². The Hall–Kier alpha value is -2.63. The summed E-state index contributed by atoms with van der Waals surface area (Å²) in [6, 6.07) is 6.52. The minimum absolute atomic E-state index is 0.150. The van der Waals surface area contributed by atoms with Gasteiger partial charge in [-0.3, -0.25) is 9.89 Å². The van der Waals surface area contributed by atoms with E-state index >= 15 is 0 Å². The maximum absolute atomic E-state index is 11.9. The Morgan fingerprint density at radius 3 is 2.71 bits per heavy atom. The Bertz CT molecular complexity index is 621. The number of carbonyl (C=O) groups excluding carboxylic acids is 2. The number of carbonyl (C=O) groups is 2. The molecule has 1 aromatic heterocycles. The van der Waals surface area contributed by atoms with Crippen LogP contribution >= 0.6 is 0 Å². The van der Waals surface area contributed by atoms with Crippen molar-refractivity contribution in [1.29, 1.82) is 0 Å². The molecule has 1 aromatic carbocycles. The van der Waals surface area contributed by atoms with Crippen molar-refractivity contribution in [2.24, 2.45) is 0 Å². The second-order valence-electron chi connectivity index (χ2n) is 4.77. The van der Waals surface area contributed by atoms with E-state index in [4.69, 9.17) is 4.74 Å². The van der Waals surface area contributed by atoms with E-state index in [-0.39, 0.29) is 12.5 Å². The van der Waals surface area contributed by atoms with Crippen LogP contribution in [0.25, 0.3) is 0 Å². The lowest BCUT2D eigenvalue weighted by Gasteiger charge is -2.11. The van der Waals surface area contributed by atoms with Gasteiger partial charge in [0.25, 0.3) is 5.91 Å². The van der Waals surface area contributed by atoms with Crippen molar-refractivity contribution in [2.75, 3.05) is 20.7 Å². The number of hydrogen-bond donors (Lipinski definition) is 1.